The summed E-state index contributed by atoms with van der Waals surface area (Å²) in [4.78, 5) is 10.6. The zero-order valence-electron chi connectivity index (χ0n) is 12.8. The Morgan fingerprint density at radius 2 is 1.60 bits per heavy atom. The van der Waals surface area contributed by atoms with E-state index < -0.39 is 5.97 Å². The van der Waals surface area contributed by atoms with Gasteiger partial charge < -0.3 is 15.3 Å². The van der Waals surface area contributed by atoms with Gasteiger partial charge in [-0.2, -0.15) is 0 Å². The Hall–Kier alpha value is -1.39. The van der Waals surface area contributed by atoms with Crippen molar-refractivity contribution >= 4 is 5.97 Å². The lowest BCUT2D eigenvalue weighted by molar-refractivity contribution is 0.0695. The number of aliphatic hydroxyl groups excluding tert-OH is 2. The summed E-state index contributed by atoms with van der Waals surface area (Å²) >= 11 is 0. The molecule has 0 fully saturated rings. The first-order valence-corrected chi connectivity index (χ1v) is 6.99. The van der Waals surface area contributed by atoms with Crippen LogP contribution < -0.4 is 0 Å². The van der Waals surface area contributed by atoms with Gasteiger partial charge in [-0.25, -0.2) is 4.79 Å². The van der Waals surface area contributed by atoms with E-state index in [-0.39, 0.29) is 12.2 Å². The minimum atomic E-state index is -0.855. The molecule has 2 atom stereocenters. The van der Waals surface area contributed by atoms with Gasteiger partial charge in [-0.1, -0.05) is 26.0 Å². The molecule has 0 aliphatic rings. The number of aromatic carboxylic acids is 1. The first-order chi connectivity index (χ1) is 9.33. The van der Waals surface area contributed by atoms with Crippen LogP contribution in [0.1, 0.15) is 54.6 Å². The summed E-state index contributed by atoms with van der Waals surface area (Å²) in [6.45, 7) is 7.54. The van der Waals surface area contributed by atoms with Crippen molar-refractivity contribution in [2.75, 3.05) is 0 Å². The molecule has 4 nitrogen and oxygen atoms in total. The maximum atomic E-state index is 10.6. The lowest BCUT2D eigenvalue weighted by Crippen LogP contribution is -2.15. The molecule has 0 bridgehead atoms. The van der Waals surface area contributed by atoms with Crippen LogP contribution in [0.15, 0.2) is 18.2 Å². The standard InChI is InChI=1S/C9H10O2.C7H16O2/c1-6-4-3-5-8(7(6)2)9(10)11;1-3-6(8)5-7(9)4-2/h3-5H,1-2H3,(H,10,11);6-9H,3-5H2,1-2H3. The lowest BCUT2D eigenvalue weighted by atomic mass is 10.0. The second-order valence-electron chi connectivity index (χ2n) is 4.91. The third-order valence-electron chi connectivity index (χ3n) is 3.32. The van der Waals surface area contributed by atoms with Crippen molar-refractivity contribution in [3.63, 3.8) is 0 Å². The number of hydrogen-bond acceptors (Lipinski definition) is 3. The van der Waals surface area contributed by atoms with Crippen LogP contribution in [0.25, 0.3) is 0 Å². The maximum Gasteiger partial charge on any atom is 0.335 e. The highest BCUT2D eigenvalue weighted by molar-refractivity contribution is 5.89. The molecule has 4 heteroatoms. The third kappa shape index (κ3) is 6.68. The highest BCUT2D eigenvalue weighted by Crippen LogP contribution is 2.11. The minimum Gasteiger partial charge on any atom is -0.478 e. The van der Waals surface area contributed by atoms with E-state index in [1.165, 1.54) is 0 Å². The van der Waals surface area contributed by atoms with Gasteiger partial charge >= 0.3 is 5.97 Å². The minimum absolute atomic E-state index is 0.319. The molecule has 2 unspecified atom stereocenters. The molecule has 1 rings (SSSR count). The Bertz CT molecular complexity index is 407. The van der Waals surface area contributed by atoms with E-state index in [0.717, 1.165) is 24.0 Å². The Kier molecular flexibility index (Phi) is 8.84. The maximum absolute atomic E-state index is 10.6. The molecule has 0 radical (unpaired) electrons. The van der Waals surface area contributed by atoms with Crippen molar-refractivity contribution in [3.8, 4) is 0 Å². The molecule has 0 aromatic heterocycles. The van der Waals surface area contributed by atoms with Gasteiger partial charge in [0.05, 0.1) is 17.8 Å². The van der Waals surface area contributed by atoms with E-state index >= 15 is 0 Å². The van der Waals surface area contributed by atoms with Crippen LogP contribution in [-0.4, -0.2) is 33.5 Å². The van der Waals surface area contributed by atoms with Gasteiger partial charge in [-0.05, 0) is 50.3 Å². The number of carboxylic acids is 1. The largest absolute Gasteiger partial charge is 0.478 e. The van der Waals surface area contributed by atoms with Gasteiger partial charge in [0, 0.05) is 0 Å². The molecule has 114 valence electrons. The molecule has 0 aliphatic carbocycles. The van der Waals surface area contributed by atoms with Crippen LogP contribution in [0.4, 0.5) is 0 Å². The molecular formula is C16H26O4. The predicted molar refractivity (Wildman–Crippen MR) is 80.1 cm³/mol. The Morgan fingerprint density at radius 1 is 1.10 bits per heavy atom. The van der Waals surface area contributed by atoms with Crippen molar-refractivity contribution in [1.82, 2.24) is 0 Å². The Labute approximate surface area is 121 Å². The fourth-order valence-corrected chi connectivity index (χ4v) is 1.63. The van der Waals surface area contributed by atoms with Crippen molar-refractivity contribution in [2.24, 2.45) is 0 Å². The number of carboxylic acid groups (broad SMARTS) is 1. The molecule has 0 saturated carbocycles. The summed E-state index contributed by atoms with van der Waals surface area (Å²) in [5.74, 6) is -0.855. The summed E-state index contributed by atoms with van der Waals surface area (Å²) in [6, 6.07) is 5.28. The zero-order chi connectivity index (χ0) is 15.7. The van der Waals surface area contributed by atoms with Crippen LogP contribution in [-0.2, 0) is 0 Å². The summed E-state index contributed by atoms with van der Waals surface area (Å²) in [6.07, 6.45) is 1.35. The van der Waals surface area contributed by atoms with E-state index in [2.05, 4.69) is 0 Å². The number of hydrogen-bond donors (Lipinski definition) is 3. The second-order valence-corrected chi connectivity index (χ2v) is 4.91. The topological polar surface area (TPSA) is 77.8 Å². The van der Waals surface area contributed by atoms with Crippen molar-refractivity contribution in [3.05, 3.63) is 34.9 Å². The second kappa shape index (κ2) is 9.50. The number of aryl methyl sites for hydroxylation is 1. The molecule has 1 aromatic carbocycles. The summed E-state index contributed by atoms with van der Waals surface area (Å²) in [5.41, 5.74) is 2.26. The molecular weight excluding hydrogens is 256 g/mol. The molecule has 0 amide bonds. The van der Waals surface area contributed by atoms with Crippen LogP contribution in [0, 0.1) is 13.8 Å². The van der Waals surface area contributed by atoms with Crippen LogP contribution in [0.5, 0.6) is 0 Å². The fourth-order valence-electron chi connectivity index (χ4n) is 1.63. The zero-order valence-corrected chi connectivity index (χ0v) is 12.8. The van der Waals surface area contributed by atoms with E-state index in [1.54, 1.807) is 12.1 Å². The van der Waals surface area contributed by atoms with Crippen molar-refractivity contribution in [2.45, 2.75) is 59.2 Å². The molecule has 0 saturated heterocycles. The first-order valence-electron chi connectivity index (χ1n) is 6.99. The molecule has 0 aliphatic heterocycles. The van der Waals surface area contributed by atoms with Crippen LogP contribution in [0.3, 0.4) is 0 Å². The molecule has 20 heavy (non-hydrogen) atoms. The average Bonchev–Trinajstić information content (AvgIpc) is 2.41. The smallest absolute Gasteiger partial charge is 0.335 e. The molecule has 3 N–H and O–H groups in total. The van der Waals surface area contributed by atoms with Gasteiger partial charge in [0.1, 0.15) is 0 Å². The van der Waals surface area contributed by atoms with Gasteiger partial charge in [0.2, 0.25) is 0 Å². The van der Waals surface area contributed by atoms with Crippen molar-refractivity contribution in [1.29, 1.82) is 0 Å². The summed E-state index contributed by atoms with van der Waals surface area (Å²) in [7, 11) is 0. The molecule has 0 spiro atoms. The van der Waals surface area contributed by atoms with Gasteiger partial charge in [-0.3, -0.25) is 0 Å². The Morgan fingerprint density at radius 3 is 1.95 bits per heavy atom. The monoisotopic (exact) mass is 282 g/mol. The van der Waals surface area contributed by atoms with Crippen LogP contribution >= 0.6 is 0 Å². The summed E-state index contributed by atoms with van der Waals surface area (Å²) < 4.78 is 0. The predicted octanol–water partition coefficient (Wildman–Crippen LogP) is 2.92. The number of benzene rings is 1. The molecule has 0 heterocycles. The third-order valence-corrected chi connectivity index (χ3v) is 3.32. The SMILES string of the molecule is CCC(O)CC(O)CC.Cc1cccc(C(=O)O)c1C. The number of aliphatic hydroxyl groups is 2. The van der Waals surface area contributed by atoms with Crippen molar-refractivity contribution < 1.29 is 20.1 Å². The highest BCUT2D eigenvalue weighted by atomic mass is 16.4. The van der Waals surface area contributed by atoms with Gasteiger partial charge in [0.15, 0.2) is 0 Å². The summed E-state index contributed by atoms with van der Waals surface area (Å²) in [5, 5.41) is 26.7. The van der Waals surface area contributed by atoms with Gasteiger partial charge in [-0.15, -0.1) is 0 Å². The molecule has 1 aromatic rings. The normalized spacial score (nSPS) is 13.1. The first kappa shape index (κ1) is 18.6. The fraction of sp³-hybridized carbons (Fsp3) is 0.562. The van der Waals surface area contributed by atoms with Crippen LogP contribution in [0.2, 0.25) is 0 Å². The Balaban J connectivity index is 0.000000370. The number of carbonyl (C=O) groups is 1. The van der Waals surface area contributed by atoms with Gasteiger partial charge in [0.25, 0.3) is 0 Å². The number of rotatable bonds is 5. The van der Waals surface area contributed by atoms with E-state index in [1.807, 2.05) is 33.8 Å². The van der Waals surface area contributed by atoms with E-state index in [4.69, 9.17) is 15.3 Å². The average molecular weight is 282 g/mol. The quantitative estimate of drug-likeness (QED) is 0.776. The lowest BCUT2D eigenvalue weighted by Gasteiger charge is -2.11. The van der Waals surface area contributed by atoms with E-state index in [0.29, 0.717) is 12.0 Å². The highest BCUT2D eigenvalue weighted by Gasteiger charge is 2.07. The van der Waals surface area contributed by atoms with E-state index in [9.17, 15) is 4.79 Å².